The molecule has 0 amide bonds. The summed E-state index contributed by atoms with van der Waals surface area (Å²) in [7, 11) is 0. The van der Waals surface area contributed by atoms with Crippen LogP contribution in [0.4, 0.5) is 14.5 Å². The summed E-state index contributed by atoms with van der Waals surface area (Å²) in [5, 5.41) is 3.16. The van der Waals surface area contributed by atoms with Crippen molar-refractivity contribution in [2.24, 2.45) is 0 Å². The second-order valence-electron chi connectivity index (χ2n) is 3.86. The molecule has 3 nitrogen and oxygen atoms in total. The van der Waals surface area contributed by atoms with Crippen LogP contribution >= 0.6 is 11.8 Å². The largest absolute Gasteiger partial charge is 0.377 e. The Hall–Kier alpha value is -1.56. The average Bonchev–Trinajstić information content (AvgIpc) is 2.84. The van der Waals surface area contributed by atoms with Gasteiger partial charge >= 0.3 is 0 Å². The lowest BCUT2D eigenvalue weighted by molar-refractivity contribution is 0.252. The molecule has 0 aliphatic carbocycles. The minimum Gasteiger partial charge on any atom is -0.377 e. The van der Waals surface area contributed by atoms with Gasteiger partial charge in [-0.3, -0.25) is 0 Å². The fourth-order valence-corrected chi connectivity index (χ4v) is 2.40. The molecule has 0 aliphatic rings. The third-order valence-corrected chi connectivity index (χ3v) is 3.47. The molecule has 102 valence electrons. The number of hydrogen-bond donors (Lipinski definition) is 1. The normalized spacial score (nSPS) is 10.9. The Labute approximate surface area is 115 Å². The molecule has 0 fully saturated rings. The van der Waals surface area contributed by atoms with Crippen LogP contribution in [0.5, 0.6) is 0 Å². The number of halogens is 2. The van der Waals surface area contributed by atoms with Crippen molar-refractivity contribution in [2.45, 2.75) is 30.7 Å². The van der Waals surface area contributed by atoms with Crippen LogP contribution in [0.25, 0.3) is 0 Å². The molecule has 1 aromatic carbocycles. The number of anilines is 1. The van der Waals surface area contributed by atoms with Crippen molar-refractivity contribution < 1.29 is 8.78 Å². The van der Waals surface area contributed by atoms with Crippen LogP contribution in [0.15, 0.2) is 41.6 Å². The van der Waals surface area contributed by atoms with Crippen LogP contribution in [0.2, 0.25) is 0 Å². The number of alkyl halides is 2. The summed E-state index contributed by atoms with van der Waals surface area (Å²) >= 11 is 0.549. The molecule has 0 radical (unpaired) electrons. The van der Waals surface area contributed by atoms with E-state index in [0.717, 1.165) is 12.4 Å². The molecule has 0 saturated carbocycles. The molecular weight excluding hydrogens is 268 g/mol. The van der Waals surface area contributed by atoms with Gasteiger partial charge in [0.05, 0.1) is 6.54 Å². The molecule has 2 rings (SSSR count). The van der Waals surface area contributed by atoms with Crippen molar-refractivity contribution in [1.29, 1.82) is 0 Å². The highest BCUT2D eigenvalue weighted by Gasteiger charge is 2.10. The molecule has 6 heteroatoms. The van der Waals surface area contributed by atoms with Crippen LogP contribution < -0.4 is 5.32 Å². The van der Waals surface area contributed by atoms with E-state index in [0.29, 0.717) is 28.9 Å². The van der Waals surface area contributed by atoms with Crippen LogP contribution in [0.1, 0.15) is 12.7 Å². The number of nitrogens with one attached hydrogen (secondary N) is 1. The number of imidazole rings is 1. The number of aromatic nitrogens is 2. The van der Waals surface area contributed by atoms with E-state index < -0.39 is 5.76 Å². The Balaban J connectivity index is 2.07. The van der Waals surface area contributed by atoms with Gasteiger partial charge in [-0.1, -0.05) is 23.9 Å². The Kier molecular flexibility index (Phi) is 4.79. The van der Waals surface area contributed by atoms with Crippen LogP contribution in [-0.4, -0.2) is 15.3 Å². The standard InChI is InChI=1S/C13H15F2N3S/c1-2-18-8-7-16-12(18)9-17-10-5-3-4-6-11(10)19-13(14)15/h3-8,13,17H,2,9H2,1H3. The first kappa shape index (κ1) is 13.9. The van der Waals surface area contributed by atoms with Crippen LogP contribution in [0, 0.1) is 0 Å². The molecular formula is C13H15F2N3S. The maximum absolute atomic E-state index is 12.5. The second kappa shape index (κ2) is 6.56. The maximum Gasteiger partial charge on any atom is 0.288 e. The molecule has 2 aromatic rings. The van der Waals surface area contributed by atoms with Crippen molar-refractivity contribution in [1.82, 2.24) is 9.55 Å². The molecule has 0 unspecified atom stereocenters. The highest BCUT2D eigenvalue weighted by Crippen LogP contribution is 2.31. The summed E-state index contributed by atoms with van der Waals surface area (Å²) in [5.41, 5.74) is 0.707. The van der Waals surface area contributed by atoms with E-state index in [1.54, 1.807) is 24.4 Å². The van der Waals surface area contributed by atoms with Gasteiger partial charge in [0.2, 0.25) is 0 Å². The number of hydrogen-bond acceptors (Lipinski definition) is 3. The fourth-order valence-electron chi connectivity index (χ4n) is 1.78. The molecule has 0 atom stereocenters. The van der Waals surface area contributed by atoms with Crippen molar-refractivity contribution in [3.8, 4) is 0 Å². The molecule has 1 aromatic heterocycles. The topological polar surface area (TPSA) is 29.9 Å². The van der Waals surface area contributed by atoms with Crippen LogP contribution in [-0.2, 0) is 13.1 Å². The summed E-state index contributed by atoms with van der Waals surface area (Å²) in [6.07, 6.45) is 3.64. The lowest BCUT2D eigenvalue weighted by Crippen LogP contribution is -2.08. The number of nitrogens with zero attached hydrogens (tertiary/aromatic N) is 2. The molecule has 0 spiro atoms. The van der Waals surface area contributed by atoms with Gasteiger partial charge < -0.3 is 9.88 Å². The van der Waals surface area contributed by atoms with Gasteiger partial charge in [0.15, 0.2) is 0 Å². The SMILES string of the molecule is CCn1ccnc1CNc1ccccc1SC(F)F. The smallest absolute Gasteiger partial charge is 0.288 e. The molecule has 0 saturated heterocycles. The molecule has 0 bridgehead atoms. The molecule has 1 N–H and O–H groups in total. The van der Waals surface area contributed by atoms with Gasteiger partial charge in [-0.2, -0.15) is 8.78 Å². The summed E-state index contributed by atoms with van der Waals surface area (Å²) in [5.74, 6) is -1.53. The number of thioether (sulfide) groups is 1. The number of para-hydroxylation sites is 1. The van der Waals surface area contributed by atoms with Crippen molar-refractivity contribution in [3.63, 3.8) is 0 Å². The van der Waals surface area contributed by atoms with Gasteiger partial charge in [0.1, 0.15) is 5.82 Å². The third-order valence-electron chi connectivity index (χ3n) is 2.68. The Bertz CT molecular complexity index is 528. The van der Waals surface area contributed by atoms with E-state index in [-0.39, 0.29) is 0 Å². The highest BCUT2D eigenvalue weighted by atomic mass is 32.2. The predicted octanol–water partition coefficient (Wildman–Crippen LogP) is 3.83. The first-order valence-corrected chi connectivity index (χ1v) is 6.86. The number of rotatable bonds is 6. The zero-order valence-electron chi connectivity index (χ0n) is 10.5. The van der Waals surface area contributed by atoms with Gasteiger partial charge in [-0.15, -0.1) is 0 Å². The number of benzene rings is 1. The van der Waals surface area contributed by atoms with Gasteiger partial charge in [0.25, 0.3) is 5.76 Å². The van der Waals surface area contributed by atoms with E-state index in [2.05, 4.69) is 10.3 Å². The van der Waals surface area contributed by atoms with Crippen molar-refractivity contribution >= 4 is 17.4 Å². The summed E-state index contributed by atoms with van der Waals surface area (Å²) in [6.45, 7) is 3.39. The minimum absolute atomic E-state index is 0.516. The third kappa shape index (κ3) is 3.70. The van der Waals surface area contributed by atoms with Gasteiger partial charge in [-0.05, 0) is 19.1 Å². The van der Waals surface area contributed by atoms with Crippen molar-refractivity contribution in [2.75, 3.05) is 5.32 Å². The first-order valence-electron chi connectivity index (χ1n) is 5.98. The second-order valence-corrected chi connectivity index (χ2v) is 4.89. The Morgan fingerprint density at radius 1 is 1.37 bits per heavy atom. The molecule has 0 aliphatic heterocycles. The van der Waals surface area contributed by atoms with Crippen LogP contribution in [0.3, 0.4) is 0 Å². The summed E-state index contributed by atoms with van der Waals surface area (Å²) in [4.78, 5) is 4.79. The summed E-state index contributed by atoms with van der Waals surface area (Å²) < 4.78 is 26.9. The van der Waals surface area contributed by atoms with E-state index >= 15 is 0 Å². The fraction of sp³-hybridized carbons (Fsp3) is 0.308. The Morgan fingerprint density at radius 2 is 2.16 bits per heavy atom. The van der Waals surface area contributed by atoms with Gasteiger partial charge in [0, 0.05) is 29.5 Å². The minimum atomic E-state index is -2.42. The summed E-state index contributed by atoms with van der Waals surface area (Å²) in [6, 6.07) is 7.06. The number of aryl methyl sites for hydroxylation is 1. The van der Waals surface area contributed by atoms with Crippen molar-refractivity contribution in [3.05, 3.63) is 42.5 Å². The lowest BCUT2D eigenvalue weighted by atomic mass is 10.3. The zero-order valence-corrected chi connectivity index (χ0v) is 11.3. The Morgan fingerprint density at radius 3 is 2.89 bits per heavy atom. The predicted molar refractivity (Wildman–Crippen MR) is 73.5 cm³/mol. The van der Waals surface area contributed by atoms with E-state index in [4.69, 9.17) is 0 Å². The molecule has 1 heterocycles. The maximum atomic E-state index is 12.5. The van der Waals surface area contributed by atoms with E-state index in [1.165, 1.54) is 0 Å². The van der Waals surface area contributed by atoms with E-state index in [1.807, 2.05) is 23.8 Å². The lowest BCUT2D eigenvalue weighted by Gasteiger charge is -2.11. The quantitative estimate of drug-likeness (QED) is 0.817. The zero-order chi connectivity index (χ0) is 13.7. The van der Waals surface area contributed by atoms with E-state index in [9.17, 15) is 8.78 Å². The average molecular weight is 283 g/mol. The molecule has 19 heavy (non-hydrogen) atoms. The highest BCUT2D eigenvalue weighted by molar-refractivity contribution is 7.99. The monoisotopic (exact) mass is 283 g/mol. The van der Waals surface area contributed by atoms with Gasteiger partial charge in [-0.25, -0.2) is 4.98 Å². The first-order chi connectivity index (χ1) is 9.20.